The second-order valence-corrected chi connectivity index (χ2v) is 2.67. The summed E-state index contributed by atoms with van der Waals surface area (Å²) in [5.41, 5.74) is 0. The summed E-state index contributed by atoms with van der Waals surface area (Å²) in [6, 6.07) is 0. The van der Waals surface area contributed by atoms with E-state index in [0.29, 0.717) is 6.42 Å². The minimum Gasteiger partial charge on any atom is -0.474 e. The van der Waals surface area contributed by atoms with Gasteiger partial charge in [0.2, 0.25) is 0 Å². The number of amides is 1. The molecular formula is C7H13NO4. The number of carbonyl (C=O) groups excluding carboxylic acids is 1. The average molecular weight is 175 g/mol. The lowest BCUT2D eigenvalue weighted by atomic mass is 10.3. The van der Waals surface area contributed by atoms with Crippen LogP contribution >= 0.6 is 0 Å². The van der Waals surface area contributed by atoms with Crippen molar-refractivity contribution in [2.24, 2.45) is 0 Å². The topological polar surface area (TPSA) is 77.8 Å². The monoisotopic (exact) mass is 175 g/mol. The number of rotatable bonds is 3. The molecule has 0 saturated carbocycles. The molecule has 0 saturated heterocycles. The van der Waals surface area contributed by atoms with Crippen molar-refractivity contribution in [3.63, 3.8) is 0 Å². The maximum absolute atomic E-state index is 10.7. The van der Waals surface area contributed by atoms with Gasteiger partial charge in [-0.3, -0.25) is 4.79 Å². The Morgan fingerprint density at radius 3 is 2.33 bits per heavy atom. The molecule has 0 aliphatic rings. The standard InChI is InChI=1S/C7H13NO4/c1-5(9)3-4-8(2)6(10)7(11)12/h5,9H,3-4H2,1-2H3,(H,11,12). The molecule has 0 radical (unpaired) electrons. The summed E-state index contributed by atoms with van der Waals surface area (Å²) in [4.78, 5) is 21.9. The van der Waals surface area contributed by atoms with E-state index in [9.17, 15) is 9.59 Å². The van der Waals surface area contributed by atoms with Crippen molar-refractivity contribution >= 4 is 11.9 Å². The Morgan fingerprint density at radius 2 is 2.00 bits per heavy atom. The highest BCUT2D eigenvalue weighted by Gasteiger charge is 2.16. The zero-order chi connectivity index (χ0) is 9.72. The minimum atomic E-state index is -1.47. The molecule has 5 nitrogen and oxygen atoms in total. The van der Waals surface area contributed by atoms with E-state index in [1.807, 2.05) is 0 Å². The molecule has 0 bridgehead atoms. The van der Waals surface area contributed by atoms with Gasteiger partial charge in [-0.05, 0) is 13.3 Å². The van der Waals surface area contributed by atoms with Gasteiger partial charge in [-0.1, -0.05) is 0 Å². The van der Waals surface area contributed by atoms with Crippen LogP contribution < -0.4 is 0 Å². The molecule has 12 heavy (non-hydrogen) atoms. The highest BCUT2D eigenvalue weighted by Crippen LogP contribution is 1.93. The van der Waals surface area contributed by atoms with Crippen molar-refractivity contribution in [3.8, 4) is 0 Å². The molecule has 0 fully saturated rings. The van der Waals surface area contributed by atoms with E-state index < -0.39 is 18.0 Å². The van der Waals surface area contributed by atoms with Crippen LogP contribution in [0.3, 0.4) is 0 Å². The Labute approximate surface area is 70.6 Å². The van der Waals surface area contributed by atoms with E-state index in [4.69, 9.17) is 10.2 Å². The van der Waals surface area contributed by atoms with Gasteiger partial charge >= 0.3 is 11.9 Å². The summed E-state index contributed by atoms with van der Waals surface area (Å²) in [5.74, 6) is -2.42. The second kappa shape index (κ2) is 4.71. The molecule has 0 rings (SSSR count). The summed E-state index contributed by atoms with van der Waals surface area (Å²) in [7, 11) is 1.39. The zero-order valence-electron chi connectivity index (χ0n) is 7.15. The summed E-state index contributed by atoms with van der Waals surface area (Å²) in [6.45, 7) is 1.84. The summed E-state index contributed by atoms with van der Waals surface area (Å²) < 4.78 is 0. The maximum atomic E-state index is 10.7. The fourth-order valence-corrected chi connectivity index (χ4v) is 0.645. The maximum Gasteiger partial charge on any atom is 0.394 e. The van der Waals surface area contributed by atoms with E-state index >= 15 is 0 Å². The van der Waals surface area contributed by atoms with Gasteiger partial charge in [0.25, 0.3) is 0 Å². The van der Waals surface area contributed by atoms with Crippen LogP contribution in [0.2, 0.25) is 0 Å². The largest absolute Gasteiger partial charge is 0.474 e. The van der Waals surface area contributed by atoms with Crippen molar-refractivity contribution in [2.45, 2.75) is 19.4 Å². The number of aliphatic hydroxyl groups excluding tert-OH is 1. The molecule has 0 aromatic heterocycles. The van der Waals surface area contributed by atoms with Crippen LogP contribution in [0.1, 0.15) is 13.3 Å². The quantitative estimate of drug-likeness (QED) is 0.556. The number of hydrogen-bond donors (Lipinski definition) is 2. The van der Waals surface area contributed by atoms with Crippen LogP contribution in [0.25, 0.3) is 0 Å². The lowest BCUT2D eigenvalue weighted by Crippen LogP contribution is -2.34. The number of hydrogen-bond acceptors (Lipinski definition) is 3. The smallest absolute Gasteiger partial charge is 0.394 e. The number of carboxylic acids is 1. The van der Waals surface area contributed by atoms with Crippen LogP contribution in [0.5, 0.6) is 0 Å². The molecule has 0 heterocycles. The van der Waals surface area contributed by atoms with Crippen molar-refractivity contribution in [2.75, 3.05) is 13.6 Å². The molecule has 1 unspecified atom stereocenters. The fourth-order valence-electron chi connectivity index (χ4n) is 0.645. The molecule has 0 aliphatic heterocycles. The van der Waals surface area contributed by atoms with Gasteiger partial charge < -0.3 is 15.1 Å². The van der Waals surface area contributed by atoms with Crippen LogP contribution in [0, 0.1) is 0 Å². The molecule has 1 atom stereocenters. The third-order valence-corrected chi connectivity index (χ3v) is 1.41. The second-order valence-electron chi connectivity index (χ2n) is 2.67. The molecular weight excluding hydrogens is 162 g/mol. The van der Waals surface area contributed by atoms with E-state index in [2.05, 4.69) is 0 Å². The molecule has 0 aliphatic carbocycles. The first-order valence-electron chi connectivity index (χ1n) is 3.61. The Balaban J connectivity index is 3.80. The average Bonchev–Trinajstić information content (AvgIpc) is 1.98. The molecule has 2 N–H and O–H groups in total. The lowest BCUT2D eigenvalue weighted by Gasteiger charge is -2.14. The highest BCUT2D eigenvalue weighted by atomic mass is 16.4. The van der Waals surface area contributed by atoms with Crippen LogP contribution in [0.4, 0.5) is 0 Å². The number of aliphatic hydroxyl groups is 1. The van der Waals surface area contributed by atoms with Crippen LogP contribution in [0.15, 0.2) is 0 Å². The summed E-state index contributed by atoms with van der Waals surface area (Å²) in [6.07, 6.45) is -0.135. The molecule has 1 amide bonds. The van der Waals surface area contributed by atoms with Crippen molar-refractivity contribution in [1.82, 2.24) is 4.90 Å². The number of nitrogens with zero attached hydrogens (tertiary/aromatic N) is 1. The number of carbonyl (C=O) groups is 2. The van der Waals surface area contributed by atoms with Gasteiger partial charge in [-0.2, -0.15) is 0 Å². The summed E-state index contributed by atoms with van der Waals surface area (Å²) >= 11 is 0. The van der Waals surface area contributed by atoms with Gasteiger partial charge in [-0.25, -0.2) is 4.79 Å². The number of carboxylic acid groups (broad SMARTS) is 1. The Kier molecular flexibility index (Phi) is 4.28. The predicted octanol–water partition coefficient (Wildman–Crippen LogP) is -0.700. The number of aliphatic carboxylic acids is 1. The molecule has 0 aromatic rings. The van der Waals surface area contributed by atoms with Gasteiger partial charge in [0.1, 0.15) is 0 Å². The highest BCUT2D eigenvalue weighted by molar-refractivity contribution is 6.31. The van der Waals surface area contributed by atoms with Gasteiger partial charge in [0.05, 0.1) is 6.10 Å². The van der Waals surface area contributed by atoms with Crippen LogP contribution in [-0.4, -0.2) is 46.7 Å². The van der Waals surface area contributed by atoms with E-state index in [1.165, 1.54) is 7.05 Å². The Bertz CT molecular complexity index is 178. The molecule has 5 heteroatoms. The third-order valence-electron chi connectivity index (χ3n) is 1.41. The summed E-state index contributed by atoms with van der Waals surface area (Å²) in [5, 5.41) is 17.1. The molecule has 0 aromatic carbocycles. The van der Waals surface area contributed by atoms with Gasteiger partial charge in [0.15, 0.2) is 0 Å². The van der Waals surface area contributed by atoms with E-state index in [1.54, 1.807) is 6.92 Å². The van der Waals surface area contributed by atoms with Crippen molar-refractivity contribution in [1.29, 1.82) is 0 Å². The Morgan fingerprint density at radius 1 is 1.50 bits per heavy atom. The Hall–Kier alpha value is -1.10. The first-order chi connectivity index (χ1) is 5.45. The molecule has 0 spiro atoms. The normalized spacial score (nSPS) is 12.2. The third kappa shape index (κ3) is 3.92. The van der Waals surface area contributed by atoms with Crippen molar-refractivity contribution < 1.29 is 19.8 Å². The predicted molar refractivity (Wildman–Crippen MR) is 41.6 cm³/mol. The van der Waals surface area contributed by atoms with Crippen molar-refractivity contribution in [3.05, 3.63) is 0 Å². The first kappa shape index (κ1) is 10.9. The van der Waals surface area contributed by atoms with E-state index in [-0.39, 0.29) is 6.54 Å². The van der Waals surface area contributed by atoms with Gasteiger partial charge in [0, 0.05) is 13.6 Å². The lowest BCUT2D eigenvalue weighted by molar-refractivity contribution is -0.155. The SMILES string of the molecule is CC(O)CCN(C)C(=O)C(=O)O. The molecule has 70 valence electrons. The van der Waals surface area contributed by atoms with Crippen LogP contribution in [-0.2, 0) is 9.59 Å². The zero-order valence-corrected chi connectivity index (χ0v) is 7.15. The number of likely N-dealkylation sites (N-methyl/N-ethyl adjacent to an activating group) is 1. The van der Waals surface area contributed by atoms with E-state index in [0.717, 1.165) is 4.90 Å². The fraction of sp³-hybridized carbons (Fsp3) is 0.714. The minimum absolute atomic E-state index is 0.253. The van der Waals surface area contributed by atoms with Gasteiger partial charge in [-0.15, -0.1) is 0 Å². The first-order valence-corrected chi connectivity index (χ1v) is 3.61.